The summed E-state index contributed by atoms with van der Waals surface area (Å²) in [5.74, 6) is 0.840. The number of nitrogens with zero attached hydrogens (tertiary/aromatic N) is 3. The van der Waals surface area contributed by atoms with Gasteiger partial charge in [-0.2, -0.15) is 0 Å². The molecule has 0 aliphatic heterocycles. The summed E-state index contributed by atoms with van der Waals surface area (Å²) in [6.07, 6.45) is -3.29. The number of carbonyl (C=O) groups excluding carboxylic acids is 1. The number of nitrogens with one attached hydrogen (secondary N) is 1. The maximum atomic E-state index is 12.7. The quantitative estimate of drug-likeness (QED) is 0.318. The van der Waals surface area contributed by atoms with Gasteiger partial charge in [0.25, 0.3) is 5.91 Å². The van der Waals surface area contributed by atoms with Crippen molar-refractivity contribution >= 4 is 11.6 Å². The van der Waals surface area contributed by atoms with Crippen molar-refractivity contribution in [3.8, 4) is 28.6 Å². The number of rotatable bonds is 8. The van der Waals surface area contributed by atoms with Gasteiger partial charge in [0.15, 0.2) is 5.82 Å². The number of amides is 1. The smallest absolute Gasteiger partial charge is 0.493 e. The number of ether oxygens (including phenoxy) is 2. The second kappa shape index (κ2) is 10.5. The van der Waals surface area contributed by atoms with E-state index in [0.29, 0.717) is 46.6 Å². The van der Waals surface area contributed by atoms with Gasteiger partial charge in [0.1, 0.15) is 17.8 Å². The van der Waals surface area contributed by atoms with E-state index in [1.807, 2.05) is 6.07 Å². The van der Waals surface area contributed by atoms with Crippen molar-refractivity contribution < 1.29 is 27.4 Å². The lowest BCUT2D eigenvalue weighted by Crippen LogP contribution is -2.17. The highest BCUT2D eigenvalue weighted by atomic mass is 19.4. The SMILES string of the molecule is CC(C)COc1cccc(C(=O)Nc2ccc(-c3ncn(-c4ccc(OC(F)(F)F)cc4)n3)cc2)c1. The van der Waals surface area contributed by atoms with Gasteiger partial charge in [-0.05, 0) is 72.6 Å². The monoisotopic (exact) mass is 496 g/mol. The zero-order valence-corrected chi connectivity index (χ0v) is 19.5. The highest BCUT2D eigenvalue weighted by Gasteiger charge is 2.31. The van der Waals surface area contributed by atoms with Crippen LogP contribution in [0.3, 0.4) is 0 Å². The Balaban J connectivity index is 1.40. The molecule has 0 saturated carbocycles. The van der Waals surface area contributed by atoms with E-state index in [4.69, 9.17) is 4.74 Å². The van der Waals surface area contributed by atoms with E-state index >= 15 is 0 Å². The maximum Gasteiger partial charge on any atom is 0.573 e. The van der Waals surface area contributed by atoms with Crippen LogP contribution in [0.5, 0.6) is 11.5 Å². The van der Waals surface area contributed by atoms with E-state index in [0.717, 1.165) is 0 Å². The van der Waals surface area contributed by atoms with Crippen LogP contribution in [-0.4, -0.2) is 33.6 Å². The van der Waals surface area contributed by atoms with E-state index in [9.17, 15) is 18.0 Å². The number of hydrogen-bond acceptors (Lipinski definition) is 5. The van der Waals surface area contributed by atoms with Gasteiger partial charge < -0.3 is 14.8 Å². The second-order valence-electron chi connectivity index (χ2n) is 8.32. The normalized spacial score (nSPS) is 11.4. The number of hydrogen-bond donors (Lipinski definition) is 1. The molecule has 36 heavy (non-hydrogen) atoms. The van der Waals surface area contributed by atoms with E-state index in [2.05, 4.69) is 34.0 Å². The first-order valence-corrected chi connectivity index (χ1v) is 11.1. The standard InChI is InChI=1S/C26H23F3N4O3/c1-17(2)15-35-23-5-3-4-19(14-23)25(34)31-20-8-6-18(7-9-20)24-30-16-33(32-24)21-10-12-22(13-11-21)36-26(27,28)29/h3-14,16-17H,15H2,1-2H3,(H,31,34). The Morgan fingerprint density at radius 2 is 1.72 bits per heavy atom. The molecule has 0 atom stereocenters. The summed E-state index contributed by atoms with van der Waals surface area (Å²) in [5, 5.41) is 7.22. The molecule has 0 bridgehead atoms. The Bertz CT molecular complexity index is 1320. The Morgan fingerprint density at radius 1 is 1.00 bits per heavy atom. The fourth-order valence-electron chi connectivity index (χ4n) is 3.22. The molecule has 0 saturated heterocycles. The number of halogens is 3. The molecule has 186 valence electrons. The van der Waals surface area contributed by atoms with Crippen LogP contribution >= 0.6 is 0 Å². The first-order valence-electron chi connectivity index (χ1n) is 11.1. The zero-order valence-electron chi connectivity index (χ0n) is 19.5. The Kier molecular flexibility index (Phi) is 7.23. The van der Waals surface area contributed by atoms with Crippen molar-refractivity contribution in [3.63, 3.8) is 0 Å². The number of aromatic nitrogens is 3. The number of benzene rings is 3. The van der Waals surface area contributed by atoms with Crippen molar-refractivity contribution in [2.24, 2.45) is 5.92 Å². The highest BCUT2D eigenvalue weighted by Crippen LogP contribution is 2.24. The first-order chi connectivity index (χ1) is 17.2. The van der Waals surface area contributed by atoms with Crippen LogP contribution in [0.25, 0.3) is 17.1 Å². The summed E-state index contributed by atoms with van der Waals surface area (Å²) >= 11 is 0. The van der Waals surface area contributed by atoms with Crippen molar-refractivity contribution in [1.82, 2.24) is 14.8 Å². The lowest BCUT2D eigenvalue weighted by atomic mass is 10.1. The van der Waals surface area contributed by atoms with Crippen molar-refractivity contribution in [3.05, 3.63) is 84.7 Å². The minimum Gasteiger partial charge on any atom is -0.493 e. The molecule has 4 rings (SSSR count). The Morgan fingerprint density at radius 3 is 2.39 bits per heavy atom. The molecule has 3 aromatic carbocycles. The Labute approximate surface area is 205 Å². The summed E-state index contributed by atoms with van der Waals surface area (Å²) in [4.78, 5) is 16.9. The number of anilines is 1. The molecule has 0 fully saturated rings. The van der Waals surface area contributed by atoms with E-state index < -0.39 is 6.36 Å². The summed E-state index contributed by atoms with van der Waals surface area (Å²) in [6, 6.07) is 19.3. The first kappa shape index (κ1) is 24.8. The van der Waals surface area contributed by atoms with Gasteiger partial charge in [0.2, 0.25) is 0 Å². The molecule has 1 heterocycles. The molecule has 1 aromatic heterocycles. The molecule has 0 unspecified atom stereocenters. The lowest BCUT2D eigenvalue weighted by Gasteiger charge is -2.10. The fourth-order valence-corrected chi connectivity index (χ4v) is 3.22. The summed E-state index contributed by atoms with van der Waals surface area (Å²) in [6.45, 7) is 4.66. The predicted octanol–water partition coefficient (Wildman–Crippen LogP) is 6.12. The van der Waals surface area contributed by atoms with Crippen molar-refractivity contribution in [2.75, 3.05) is 11.9 Å². The molecule has 10 heteroatoms. The Hall–Kier alpha value is -4.34. The second-order valence-corrected chi connectivity index (χ2v) is 8.32. The molecular formula is C26H23F3N4O3. The highest BCUT2D eigenvalue weighted by molar-refractivity contribution is 6.04. The molecule has 0 aliphatic carbocycles. The molecular weight excluding hydrogens is 473 g/mol. The summed E-state index contributed by atoms with van der Waals surface area (Å²) < 4.78 is 48.0. The van der Waals surface area contributed by atoms with Gasteiger partial charge in [-0.3, -0.25) is 4.79 Å². The molecule has 0 radical (unpaired) electrons. The average Bonchev–Trinajstić information content (AvgIpc) is 3.33. The molecule has 7 nitrogen and oxygen atoms in total. The van der Waals surface area contributed by atoms with E-state index in [1.165, 1.54) is 35.3 Å². The van der Waals surface area contributed by atoms with Gasteiger partial charge in [-0.15, -0.1) is 18.3 Å². The van der Waals surface area contributed by atoms with Gasteiger partial charge in [-0.1, -0.05) is 19.9 Å². The third-order valence-electron chi connectivity index (χ3n) is 4.91. The largest absolute Gasteiger partial charge is 0.573 e. The van der Waals surface area contributed by atoms with E-state index in [1.54, 1.807) is 42.5 Å². The maximum absolute atomic E-state index is 12.7. The number of alkyl halides is 3. The summed E-state index contributed by atoms with van der Waals surface area (Å²) in [5.41, 5.74) is 2.30. The van der Waals surface area contributed by atoms with Crippen LogP contribution in [0, 0.1) is 5.92 Å². The van der Waals surface area contributed by atoms with Crippen LogP contribution in [-0.2, 0) is 0 Å². The molecule has 0 aliphatic rings. The lowest BCUT2D eigenvalue weighted by molar-refractivity contribution is -0.274. The van der Waals surface area contributed by atoms with E-state index in [-0.39, 0.29) is 11.7 Å². The van der Waals surface area contributed by atoms with Gasteiger partial charge >= 0.3 is 6.36 Å². The van der Waals surface area contributed by atoms with Crippen LogP contribution < -0.4 is 14.8 Å². The fraction of sp³-hybridized carbons (Fsp3) is 0.192. The van der Waals surface area contributed by atoms with Gasteiger partial charge in [0.05, 0.1) is 12.3 Å². The van der Waals surface area contributed by atoms with Gasteiger partial charge in [-0.25, -0.2) is 9.67 Å². The van der Waals surface area contributed by atoms with Crippen molar-refractivity contribution in [2.45, 2.75) is 20.2 Å². The van der Waals surface area contributed by atoms with Gasteiger partial charge in [0, 0.05) is 16.8 Å². The molecule has 4 aromatic rings. The van der Waals surface area contributed by atoms with Crippen LogP contribution in [0.4, 0.5) is 18.9 Å². The third-order valence-corrected chi connectivity index (χ3v) is 4.91. The zero-order chi connectivity index (χ0) is 25.7. The van der Waals surface area contributed by atoms with Crippen molar-refractivity contribution in [1.29, 1.82) is 0 Å². The third kappa shape index (κ3) is 6.62. The average molecular weight is 496 g/mol. The topological polar surface area (TPSA) is 78.3 Å². The number of carbonyl (C=O) groups is 1. The predicted molar refractivity (Wildman–Crippen MR) is 128 cm³/mol. The van der Waals surface area contributed by atoms with Crippen LogP contribution in [0.2, 0.25) is 0 Å². The minimum absolute atomic E-state index is 0.266. The van der Waals surface area contributed by atoms with Crippen LogP contribution in [0.1, 0.15) is 24.2 Å². The molecule has 0 spiro atoms. The molecule has 1 amide bonds. The molecule has 1 N–H and O–H groups in total. The van der Waals surface area contributed by atoms with Crippen LogP contribution in [0.15, 0.2) is 79.1 Å². The minimum atomic E-state index is -4.75. The summed E-state index contributed by atoms with van der Waals surface area (Å²) in [7, 11) is 0.